The van der Waals surface area contributed by atoms with Gasteiger partial charge in [0.05, 0.1) is 13.4 Å². The van der Waals surface area contributed by atoms with E-state index in [0.29, 0.717) is 12.4 Å². The first-order valence-corrected chi connectivity index (χ1v) is 6.01. The lowest BCUT2D eigenvalue weighted by Crippen LogP contribution is -2.09. The second-order valence-corrected chi connectivity index (χ2v) is 4.53. The number of carbonyl (C=O) groups is 1. The van der Waals surface area contributed by atoms with E-state index in [2.05, 4.69) is 15.8 Å². The van der Waals surface area contributed by atoms with Gasteiger partial charge in [0, 0.05) is 11.4 Å². The molecule has 0 aliphatic rings. The van der Waals surface area contributed by atoms with Gasteiger partial charge in [-0.05, 0) is 17.9 Å². The third-order valence-electron chi connectivity index (χ3n) is 2.44. The molecule has 0 aromatic carbocycles. The van der Waals surface area contributed by atoms with Crippen molar-refractivity contribution >= 4 is 23.1 Å². The van der Waals surface area contributed by atoms with Gasteiger partial charge in [-0.2, -0.15) is 0 Å². The van der Waals surface area contributed by atoms with Crippen molar-refractivity contribution in [3.8, 4) is 0 Å². The molecule has 2 aromatic rings. The van der Waals surface area contributed by atoms with E-state index in [0.717, 1.165) is 6.42 Å². The van der Waals surface area contributed by atoms with Gasteiger partial charge in [-0.1, -0.05) is 6.07 Å². The van der Waals surface area contributed by atoms with Crippen LogP contribution in [-0.2, 0) is 17.7 Å². The minimum Gasteiger partial charge on any atom is -0.464 e. The van der Waals surface area contributed by atoms with Crippen LogP contribution in [0.5, 0.6) is 0 Å². The van der Waals surface area contributed by atoms with Crippen molar-refractivity contribution in [2.24, 2.45) is 0 Å². The molecule has 2 heterocycles. The fourth-order valence-corrected chi connectivity index (χ4v) is 2.21. The van der Waals surface area contributed by atoms with Crippen molar-refractivity contribution in [3.05, 3.63) is 34.4 Å². The summed E-state index contributed by atoms with van der Waals surface area (Å²) < 4.78 is 6.34. The minimum absolute atomic E-state index is 0.179. The lowest BCUT2D eigenvalue weighted by atomic mass is 10.3. The van der Waals surface area contributed by atoms with Crippen LogP contribution < -0.4 is 5.73 Å². The Morgan fingerprint density at radius 1 is 1.65 bits per heavy atom. The van der Waals surface area contributed by atoms with Crippen molar-refractivity contribution < 1.29 is 9.53 Å². The number of methoxy groups -OCH3 is 1. The maximum absolute atomic E-state index is 11.3. The van der Waals surface area contributed by atoms with E-state index in [1.165, 1.54) is 12.0 Å². The highest BCUT2D eigenvalue weighted by atomic mass is 32.1. The number of rotatable bonds is 4. The number of aromatic nitrogens is 2. The number of hydrogen-bond acceptors (Lipinski definition) is 5. The van der Waals surface area contributed by atoms with Crippen LogP contribution in [0.3, 0.4) is 0 Å². The predicted molar refractivity (Wildman–Crippen MR) is 66.0 cm³/mol. The first-order chi connectivity index (χ1) is 8.22. The van der Waals surface area contributed by atoms with Gasteiger partial charge in [-0.15, -0.1) is 11.3 Å². The zero-order valence-electron chi connectivity index (χ0n) is 9.42. The smallest absolute Gasteiger partial charge is 0.360 e. The molecule has 2 aromatic heterocycles. The molecule has 0 bridgehead atoms. The topological polar surface area (TPSA) is 70.1 Å². The summed E-state index contributed by atoms with van der Waals surface area (Å²) in [7, 11) is 1.31. The second-order valence-electron chi connectivity index (χ2n) is 3.49. The number of carbonyl (C=O) groups excluding carboxylic acids is 1. The van der Waals surface area contributed by atoms with Gasteiger partial charge in [0.2, 0.25) is 0 Å². The maximum Gasteiger partial charge on any atom is 0.360 e. The van der Waals surface area contributed by atoms with Crippen LogP contribution in [0.2, 0.25) is 0 Å². The SMILES string of the molecule is COC(=O)c1ncn(CCc2cccs2)c1N. The van der Waals surface area contributed by atoms with Gasteiger partial charge in [-0.25, -0.2) is 9.78 Å². The molecule has 0 radical (unpaired) electrons. The van der Waals surface area contributed by atoms with Crippen molar-refractivity contribution in [3.63, 3.8) is 0 Å². The van der Waals surface area contributed by atoms with Gasteiger partial charge in [0.15, 0.2) is 5.69 Å². The van der Waals surface area contributed by atoms with Crippen LogP contribution in [0.15, 0.2) is 23.8 Å². The lowest BCUT2D eigenvalue weighted by molar-refractivity contribution is 0.0596. The summed E-state index contributed by atoms with van der Waals surface area (Å²) >= 11 is 1.70. The number of nitrogens with zero attached hydrogens (tertiary/aromatic N) is 2. The predicted octanol–water partition coefficient (Wildman–Crippen LogP) is 1.56. The van der Waals surface area contributed by atoms with E-state index in [4.69, 9.17) is 5.73 Å². The monoisotopic (exact) mass is 251 g/mol. The minimum atomic E-state index is -0.502. The molecule has 0 aliphatic carbocycles. The first kappa shape index (κ1) is 11.7. The Morgan fingerprint density at radius 2 is 2.47 bits per heavy atom. The quantitative estimate of drug-likeness (QED) is 0.837. The summed E-state index contributed by atoms with van der Waals surface area (Å²) in [6.07, 6.45) is 2.44. The molecule has 0 fully saturated rings. The van der Waals surface area contributed by atoms with Gasteiger partial charge in [0.25, 0.3) is 0 Å². The Hall–Kier alpha value is -1.82. The molecule has 0 spiro atoms. The number of esters is 1. The highest BCUT2D eigenvalue weighted by Crippen LogP contribution is 2.14. The van der Waals surface area contributed by atoms with Crippen LogP contribution in [-0.4, -0.2) is 22.6 Å². The standard InChI is InChI=1S/C11H13N3O2S/c1-16-11(15)9-10(12)14(7-13-9)5-4-8-3-2-6-17-8/h2-3,6-7H,4-5,12H2,1H3. The number of ether oxygens (including phenoxy) is 1. The van der Waals surface area contributed by atoms with Gasteiger partial charge >= 0.3 is 5.97 Å². The molecule has 90 valence electrons. The molecule has 0 atom stereocenters. The zero-order chi connectivity index (χ0) is 12.3. The highest BCUT2D eigenvalue weighted by molar-refractivity contribution is 7.09. The van der Waals surface area contributed by atoms with Crippen LogP contribution in [0.4, 0.5) is 5.82 Å². The zero-order valence-corrected chi connectivity index (χ0v) is 10.2. The van der Waals surface area contributed by atoms with Crippen molar-refractivity contribution in [2.75, 3.05) is 12.8 Å². The summed E-state index contributed by atoms with van der Waals surface area (Å²) in [6, 6.07) is 4.08. The molecular weight excluding hydrogens is 238 g/mol. The molecule has 17 heavy (non-hydrogen) atoms. The number of aryl methyl sites for hydroxylation is 2. The van der Waals surface area contributed by atoms with Crippen LogP contribution >= 0.6 is 11.3 Å². The summed E-state index contributed by atoms with van der Waals surface area (Å²) in [5.41, 5.74) is 6.00. The molecule has 2 rings (SSSR count). The van der Waals surface area contributed by atoms with E-state index in [1.54, 1.807) is 22.2 Å². The van der Waals surface area contributed by atoms with E-state index >= 15 is 0 Å². The third kappa shape index (κ3) is 2.47. The van der Waals surface area contributed by atoms with Gasteiger partial charge in [0.1, 0.15) is 5.82 Å². The number of nitrogens with two attached hydrogens (primary N) is 1. The second kappa shape index (κ2) is 5.01. The summed E-state index contributed by atoms with van der Waals surface area (Å²) in [6.45, 7) is 0.705. The molecule has 6 heteroatoms. The van der Waals surface area contributed by atoms with E-state index in [9.17, 15) is 4.79 Å². The summed E-state index contributed by atoms with van der Waals surface area (Å²) in [5, 5.41) is 2.03. The maximum atomic E-state index is 11.3. The Morgan fingerprint density at radius 3 is 3.12 bits per heavy atom. The van der Waals surface area contributed by atoms with Crippen LogP contribution in [0.25, 0.3) is 0 Å². The lowest BCUT2D eigenvalue weighted by Gasteiger charge is -2.03. The Bertz CT molecular complexity index is 505. The van der Waals surface area contributed by atoms with Crippen molar-refractivity contribution in [2.45, 2.75) is 13.0 Å². The molecule has 0 aliphatic heterocycles. The Kier molecular flexibility index (Phi) is 3.43. The molecule has 0 amide bonds. The fourth-order valence-electron chi connectivity index (χ4n) is 1.51. The summed E-state index contributed by atoms with van der Waals surface area (Å²) in [4.78, 5) is 16.5. The molecule has 2 N–H and O–H groups in total. The third-order valence-corrected chi connectivity index (χ3v) is 3.37. The molecular formula is C11H13N3O2S. The van der Waals surface area contributed by atoms with Crippen molar-refractivity contribution in [1.82, 2.24) is 9.55 Å². The van der Waals surface area contributed by atoms with Crippen LogP contribution in [0.1, 0.15) is 15.4 Å². The normalized spacial score (nSPS) is 10.4. The highest BCUT2D eigenvalue weighted by Gasteiger charge is 2.15. The molecule has 5 nitrogen and oxygen atoms in total. The molecule has 0 saturated heterocycles. The average Bonchev–Trinajstić information content (AvgIpc) is 2.95. The Balaban J connectivity index is 2.07. The average molecular weight is 251 g/mol. The number of nitrogen functional groups attached to an aromatic ring is 1. The summed E-state index contributed by atoms with van der Waals surface area (Å²) in [5.74, 6) is -0.147. The Labute approximate surface area is 103 Å². The largest absolute Gasteiger partial charge is 0.464 e. The fraction of sp³-hybridized carbons (Fsp3) is 0.273. The number of imidazole rings is 1. The number of hydrogen-bond donors (Lipinski definition) is 1. The first-order valence-electron chi connectivity index (χ1n) is 5.13. The van der Waals surface area contributed by atoms with Crippen molar-refractivity contribution in [1.29, 1.82) is 0 Å². The molecule has 0 unspecified atom stereocenters. The molecule has 0 saturated carbocycles. The van der Waals surface area contributed by atoms with Crippen LogP contribution in [0, 0.1) is 0 Å². The van der Waals surface area contributed by atoms with E-state index < -0.39 is 5.97 Å². The van der Waals surface area contributed by atoms with Gasteiger partial charge < -0.3 is 15.0 Å². The van der Waals surface area contributed by atoms with Gasteiger partial charge in [-0.3, -0.25) is 0 Å². The number of anilines is 1. The van der Waals surface area contributed by atoms with E-state index in [-0.39, 0.29) is 5.69 Å². The van der Waals surface area contributed by atoms with E-state index in [1.807, 2.05) is 11.4 Å². The number of thiophene rings is 1.